The van der Waals surface area contributed by atoms with E-state index in [0.717, 1.165) is 25.1 Å². The first-order valence-electron chi connectivity index (χ1n) is 9.15. The molecule has 140 valence electrons. The van der Waals surface area contributed by atoms with Crippen LogP contribution >= 0.6 is 0 Å². The molecule has 1 N–H and O–H groups in total. The molecule has 2 atom stereocenters. The van der Waals surface area contributed by atoms with Crippen molar-refractivity contribution >= 4 is 11.6 Å². The first-order chi connectivity index (χ1) is 13.0. The van der Waals surface area contributed by atoms with E-state index in [1.165, 1.54) is 12.1 Å². The van der Waals surface area contributed by atoms with Crippen LogP contribution in [0.2, 0.25) is 0 Å². The lowest BCUT2D eigenvalue weighted by Crippen LogP contribution is -2.56. The summed E-state index contributed by atoms with van der Waals surface area (Å²) in [7, 11) is 0. The van der Waals surface area contributed by atoms with Gasteiger partial charge in [0.15, 0.2) is 0 Å². The van der Waals surface area contributed by atoms with Gasteiger partial charge in [0.2, 0.25) is 5.88 Å². The normalized spacial score (nSPS) is 25.5. The number of rotatable bonds is 3. The highest BCUT2D eigenvalue weighted by molar-refractivity contribution is 6.06. The topological polar surface area (TPSA) is 56.7 Å². The summed E-state index contributed by atoms with van der Waals surface area (Å²) in [4.78, 5) is 20.7. The molecule has 2 aromatic rings. The van der Waals surface area contributed by atoms with Crippen molar-refractivity contribution in [3.8, 4) is 5.88 Å². The molecule has 1 aromatic heterocycles. The van der Waals surface area contributed by atoms with Crippen LogP contribution in [0.4, 0.5) is 10.1 Å². The lowest BCUT2D eigenvalue weighted by molar-refractivity contribution is -0.114. The Morgan fingerprint density at radius 3 is 2.85 bits per heavy atom. The van der Waals surface area contributed by atoms with E-state index >= 15 is 0 Å². The summed E-state index contributed by atoms with van der Waals surface area (Å²) in [6.45, 7) is 3.55. The molecule has 3 heterocycles. The predicted molar refractivity (Wildman–Crippen MR) is 101 cm³/mol. The maximum absolute atomic E-state index is 13.7. The molecule has 27 heavy (non-hydrogen) atoms. The molecule has 1 aromatic carbocycles. The number of piperidine rings is 1. The van der Waals surface area contributed by atoms with Crippen molar-refractivity contribution in [1.29, 1.82) is 0 Å². The molecule has 4 rings (SSSR count). The highest BCUT2D eigenvalue weighted by Crippen LogP contribution is 2.40. The van der Waals surface area contributed by atoms with Crippen LogP contribution in [0.5, 0.6) is 5.88 Å². The Morgan fingerprint density at radius 1 is 1.30 bits per heavy atom. The van der Waals surface area contributed by atoms with E-state index in [-0.39, 0.29) is 23.6 Å². The van der Waals surface area contributed by atoms with Gasteiger partial charge in [-0.25, -0.2) is 9.37 Å². The van der Waals surface area contributed by atoms with Crippen molar-refractivity contribution in [2.24, 2.45) is 0 Å². The molecule has 0 saturated carbocycles. The number of anilines is 1. The van der Waals surface area contributed by atoms with Crippen LogP contribution in [-0.2, 0) is 11.3 Å². The van der Waals surface area contributed by atoms with Crippen molar-refractivity contribution in [2.45, 2.75) is 37.9 Å². The van der Waals surface area contributed by atoms with E-state index < -0.39 is 5.54 Å². The molecule has 1 fully saturated rings. The van der Waals surface area contributed by atoms with Crippen molar-refractivity contribution in [1.82, 2.24) is 9.88 Å². The van der Waals surface area contributed by atoms with E-state index in [4.69, 9.17) is 0 Å². The largest absolute Gasteiger partial charge is 0.493 e. The summed E-state index contributed by atoms with van der Waals surface area (Å²) in [6.07, 6.45) is 5.09. The molecule has 0 bridgehead atoms. The Balaban J connectivity index is 1.55. The number of hydrogen-bond donors (Lipinski definition) is 1. The summed E-state index contributed by atoms with van der Waals surface area (Å²) in [6, 6.07) is 11.7. The standard InChI is InChI=1S/C21H22FN3O2/c1-15-13-21(10-11-24(15)14-17-5-3-7-19(26)23-17)9-8-20(27)25(21)18-6-2-4-16(22)12-18/h2-9,12,15H,10-11,13-14H2,1H3,(H,23,26)/t15-,21+/m1/s1. The summed E-state index contributed by atoms with van der Waals surface area (Å²) >= 11 is 0. The third-order valence-electron chi connectivity index (χ3n) is 5.53. The average Bonchev–Trinajstić information content (AvgIpc) is 2.93. The molecule has 2 aliphatic heterocycles. The molecular weight excluding hydrogens is 345 g/mol. The summed E-state index contributed by atoms with van der Waals surface area (Å²) in [5.74, 6) is -0.422. The first-order valence-corrected chi connectivity index (χ1v) is 9.15. The van der Waals surface area contributed by atoms with Gasteiger partial charge >= 0.3 is 0 Å². The van der Waals surface area contributed by atoms with Gasteiger partial charge in [-0.15, -0.1) is 0 Å². The Hall–Kier alpha value is -2.73. The molecule has 0 radical (unpaired) electrons. The number of likely N-dealkylation sites (tertiary alicyclic amines) is 1. The van der Waals surface area contributed by atoms with Crippen LogP contribution in [0.1, 0.15) is 25.5 Å². The van der Waals surface area contributed by atoms with Crippen LogP contribution in [-0.4, -0.2) is 39.0 Å². The van der Waals surface area contributed by atoms with Crippen molar-refractivity contribution < 1.29 is 14.3 Å². The second-order valence-electron chi connectivity index (χ2n) is 7.35. The third-order valence-corrected chi connectivity index (χ3v) is 5.53. The van der Waals surface area contributed by atoms with Crippen LogP contribution in [0.3, 0.4) is 0 Å². The van der Waals surface area contributed by atoms with Gasteiger partial charge in [0.1, 0.15) is 5.82 Å². The molecule has 1 spiro atoms. The number of aromatic nitrogens is 1. The smallest absolute Gasteiger partial charge is 0.251 e. The highest BCUT2D eigenvalue weighted by atomic mass is 19.1. The lowest BCUT2D eigenvalue weighted by atomic mass is 9.83. The van der Waals surface area contributed by atoms with Gasteiger partial charge in [-0.2, -0.15) is 0 Å². The van der Waals surface area contributed by atoms with Crippen molar-refractivity contribution in [3.63, 3.8) is 0 Å². The zero-order valence-corrected chi connectivity index (χ0v) is 15.2. The zero-order valence-electron chi connectivity index (χ0n) is 15.2. The van der Waals surface area contributed by atoms with Gasteiger partial charge in [-0.05, 0) is 44.0 Å². The Morgan fingerprint density at radius 2 is 2.11 bits per heavy atom. The van der Waals surface area contributed by atoms with Crippen LogP contribution in [0.15, 0.2) is 54.6 Å². The lowest BCUT2D eigenvalue weighted by Gasteiger charge is -2.47. The van der Waals surface area contributed by atoms with Gasteiger partial charge in [0.25, 0.3) is 5.91 Å². The number of carbonyl (C=O) groups is 1. The second kappa shape index (κ2) is 6.78. The van der Waals surface area contributed by atoms with E-state index in [1.54, 1.807) is 35.2 Å². The summed E-state index contributed by atoms with van der Waals surface area (Å²) in [5, 5.41) is 9.57. The number of aromatic hydroxyl groups is 1. The zero-order chi connectivity index (χ0) is 19.0. The minimum Gasteiger partial charge on any atom is -0.493 e. The number of amides is 1. The van der Waals surface area contributed by atoms with Crippen molar-refractivity contribution in [3.05, 3.63) is 66.1 Å². The second-order valence-corrected chi connectivity index (χ2v) is 7.35. The fourth-order valence-corrected chi connectivity index (χ4v) is 4.25. The third kappa shape index (κ3) is 3.32. The van der Waals surface area contributed by atoms with Gasteiger partial charge in [0.05, 0.1) is 11.2 Å². The Kier molecular flexibility index (Phi) is 4.44. The molecular formula is C21H22FN3O2. The SMILES string of the molecule is C[C@@H]1C[C@]2(C=CC(=O)N2c2cccc(F)c2)CCN1Cc1cccc(O)n1. The minimum atomic E-state index is -0.424. The molecule has 5 nitrogen and oxygen atoms in total. The van der Waals surface area contributed by atoms with Crippen LogP contribution in [0.25, 0.3) is 0 Å². The van der Waals surface area contributed by atoms with Gasteiger partial charge < -0.3 is 5.11 Å². The van der Waals surface area contributed by atoms with Crippen LogP contribution in [0, 0.1) is 5.82 Å². The Bertz CT molecular complexity index is 901. The van der Waals surface area contributed by atoms with E-state index in [2.05, 4.69) is 16.8 Å². The molecule has 6 heteroatoms. The molecule has 2 aliphatic rings. The number of carbonyl (C=O) groups excluding carboxylic acids is 1. The molecule has 1 amide bonds. The quantitative estimate of drug-likeness (QED) is 0.905. The maximum Gasteiger partial charge on any atom is 0.251 e. The predicted octanol–water partition coefficient (Wildman–Crippen LogP) is 3.25. The maximum atomic E-state index is 13.7. The number of hydrogen-bond acceptors (Lipinski definition) is 4. The summed E-state index contributed by atoms with van der Waals surface area (Å²) < 4.78 is 13.7. The van der Waals surface area contributed by atoms with Crippen LogP contribution < -0.4 is 4.90 Å². The molecule has 0 aliphatic carbocycles. The first kappa shape index (κ1) is 17.7. The van der Waals surface area contributed by atoms with E-state index in [1.807, 2.05) is 12.1 Å². The number of nitrogens with zero attached hydrogens (tertiary/aromatic N) is 3. The molecule has 1 saturated heterocycles. The summed E-state index contributed by atoms with van der Waals surface area (Å²) in [5.41, 5.74) is 0.991. The van der Waals surface area contributed by atoms with Gasteiger partial charge in [-0.3, -0.25) is 14.6 Å². The van der Waals surface area contributed by atoms with Crippen molar-refractivity contribution in [2.75, 3.05) is 11.4 Å². The molecule has 0 unspecified atom stereocenters. The van der Waals surface area contributed by atoms with E-state index in [9.17, 15) is 14.3 Å². The Labute approximate surface area is 157 Å². The van der Waals surface area contributed by atoms with Gasteiger partial charge in [-0.1, -0.05) is 18.2 Å². The van der Waals surface area contributed by atoms with E-state index in [0.29, 0.717) is 12.2 Å². The number of benzene rings is 1. The monoisotopic (exact) mass is 367 g/mol. The minimum absolute atomic E-state index is 0.0234. The number of pyridine rings is 1. The fraction of sp³-hybridized carbons (Fsp3) is 0.333. The fourth-order valence-electron chi connectivity index (χ4n) is 4.25. The highest BCUT2D eigenvalue weighted by Gasteiger charge is 2.46. The average molecular weight is 367 g/mol. The van der Waals surface area contributed by atoms with Gasteiger partial charge in [0, 0.05) is 37.0 Å². The number of halogens is 1.